The van der Waals surface area contributed by atoms with Crippen molar-refractivity contribution in [1.29, 1.82) is 0 Å². The van der Waals surface area contributed by atoms with Crippen LogP contribution in [0.4, 0.5) is 0 Å². The lowest BCUT2D eigenvalue weighted by atomic mass is 9.94. The third kappa shape index (κ3) is 4.59. The fourth-order valence-electron chi connectivity index (χ4n) is 4.65. The lowest BCUT2D eigenvalue weighted by Gasteiger charge is -2.46. The maximum absolute atomic E-state index is 10.9. The molecule has 5 rings (SSSR count). The average molecular weight is 469 g/mol. The second-order valence-corrected chi connectivity index (χ2v) is 15.8. The summed E-state index contributed by atoms with van der Waals surface area (Å²) in [6.45, 7) is 7.52. The molecule has 2 fully saturated rings. The van der Waals surface area contributed by atoms with E-state index in [1.54, 1.807) is 0 Å². The maximum Gasteiger partial charge on any atom is 0.186 e. The molecule has 3 aromatic rings. The monoisotopic (exact) mass is 468 g/mol. The lowest BCUT2D eigenvalue weighted by molar-refractivity contribution is -0.360. The smallest absolute Gasteiger partial charge is 0.186 e. The van der Waals surface area contributed by atoms with Crippen molar-refractivity contribution in [3.63, 3.8) is 0 Å². The molecule has 6 nitrogen and oxygen atoms in total. The van der Waals surface area contributed by atoms with E-state index in [1.165, 1.54) is 0 Å². The maximum atomic E-state index is 10.9. The molecular weight excluding hydrogens is 436 g/mol. The molecule has 176 valence electrons. The molecule has 0 saturated carbocycles. The van der Waals surface area contributed by atoms with Gasteiger partial charge in [0.05, 0.1) is 6.61 Å². The largest absolute Gasteiger partial charge is 0.387 e. The van der Waals surface area contributed by atoms with Crippen molar-refractivity contribution >= 4 is 29.6 Å². The van der Waals surface area contributed by atoms with E-state index in [2.05, 4.69) is 50.0 Å². The predicted molar refractivity (Wildman–Crippen MR) is 130 cm³/mol. The van der Waals surface area contributed by atoms with E-state index in [1.807, 2.05) is 24.3 Å². The molecule has 0 spiro atoms. The van der Waals surface area contributed by atoms with Gasteiger partial charge in [0.2, 0.25) is 0 Å². The molecule has 0 amide bonds. The van der Waals surface area contributed by atoms with Gasteiger partial charge in [0.25, 0.3) is 0 Å². The number of aliphatic hydroxyl groups is 2. The summed E-state index contributed by atoms with van der Waals surface area (Å²) in [4.78, 5) is 0. The fraction of sp³-hybridized carbons (Fsp3) is 0.462. The highest BCUT2D eigenvalue weighted by atomic mass is 28.3. The van der Waals surface area contributed by atoms with Gasteiger partial charge in [-0.05, 0) is 33.7 Å². The van der Waals surface area contributed by atoms with E-state index in [0.29, 0.717) is 6.61 Å². The van der Waals surface area contributed by atoms with Gasteiger partial charge in [-0.15, -0.1) is 0 Å². The zero-order chi connectivity index (χ0) is 23.2. The number of benzene rings is 3. The SMILES string of the molecule is C[Si](C)(C)CCO[C@@H]1O[C@@H]2CO[C@@H](c3c4ccccc4cc4ccccc34)O[C@H]2[C@H](O)[C@H]1O. The Morgan fingerprint density at radius 1 is 0.909 bits per heavy atom. The quantitative estimate of drug-likeness (QED) is 0.432. The lowest BCUT2D eigenvalue weighted by Crippen LogP contribution is -2.62. The Hall–Kier alpha value is -1.84. The first-order chi connectivity index (χ1) is 15.8. The van der Waals surface area contributed by atoms with Gasteiger partial charge >= 0.3 is 0 Å². The van der Waals surface area contributed by atoms with Gasteiger partial charge in [0.1, 0.15) is 24.4 Å². The highest BCUT2D eigenvalue weighted by molar-refractivity contribution is 6.76. The minimum absolute atomic E-state index is 0.241. The van der Waals surface area contributed by atoms with Crippen LogP contribution in [0.15, 0.2) is 54.6 Å². The number of hydrogen-bond donors (Lipinski definition) is 2. The number of rotatable bonds is 5. The van der Waals surface area contributed by atoms with Crippen LogP contribution < -0.4 is 0 Å². The molecule has 2 saturated heterocycles. The van der Waals surface area contributed by atoms with Crippen LogP contribution >= 0.6 is 0 Å². The fourth-order valence-corrected chi connectivity index (χ4v) is 5.38. The molecule has 2 N–H and O–H groups in total. The summed E-state index contributed by atoms with van der Waals surface area (Å²) in [6.07, 6.45) is -5.12. The Morgan fingerprint density at radius 3 is 2.18 bits per heavy atom. The third-order valence-electron chi connectivity index (χ3n) is 6.52. The first kappa shape index (κ1) is 22.9. The molecular formula is C26H32O6Si. The average Bonchev–Trinajstić information content (AvgIpc) is 2.80. The van der Waals surface area contributed by atoms with Crippen LogP contribution in [0.5, 0.6) is 0 Å². The van der Waals surface area contributed by atoms with Gasteiger partial charge in [0, 0.05) is 20.2 Å². The highest BCUT2D eigenvalue weighted by Gasteiger charge is 2.49. The van der Waals surface area contributed by atoms with Crippen molar-refractivity contribution in [2.75, 3.05) is 13.2 Å². The number of ether oxygens (including phenoxy) is 4. The summed E-state index contributed by atoms with van der Waals surface area (Å²) in [5.41, 5.74) is 0.928. The second-order valence-electron chi connectivity index (χ2n) is 10.2. The molecule has 7 heteroatoms. The van der Waals surface area contributed by atoms with Gasteiger partial charge in [-0.25, -0.2) is 0 Å². The van der Waals surface area contributed by atoms with Crippen LogP contribution in [0.1, 0.15) is 11.9 Å². The zero-order valence-electron chi connectivity index (χ0n) is 19.3. The summed E-state index contributed by atoms with van der Waals surface area (Å²) in [5.74, 6) is 0. The van der Waals surface area contributed by atoms with Crippen LogP contribution in [0.2, 0.25) is 25.7 Å². The van der Waals surface area contributed by atoms with E-state index < -0.39 is 45.1 Å². The van der Waals surface area contributed by atoms with Crippen molar-refractivity contribution < 1.29 is 29.2 Å². The Bertz CT molecular complexity index is 1070. The van der Waals surface area contributed by atoms with E-state index in [-0.39, 0.29) is 6.61 Å². The van der Waals surface area contributed by atoms with Crippen LogP contribution in [-0.2, 0) is 18.9 Å². The van der Waals surface area contributed by atoms with E-state index in [4.69, 9.17) is 18.9 Å². The van der Waals surface area contributed by atoms with Gasteiger partial charge in [-0.3, -0.25) is 0 Å². The van der Waals surface area contributed by atoms with Crippen LogP contribution in [0, 0.1) is 0 Å². The van der Waals surface area contributed by atoms with Crippen LogP contribution in [-0.4, -0.2) is 62.2 Å². The number of hydrogen-bond acceptors (Lipinski definition) is 6. The van der Waals surface area contributed by atoms with E-state index >= 15 is 0 Å². The molecule has 3 aromatic carbocycles. The van der Waals surface area contributed by atoms with Gasteiger partial charge in [-0.1, -0.05) is 68.2 Å². The minimum Gasteiger partial charge on any atom is -0.387 e. The summed E-state index contributed by atoms with van der Waals surface area (Å²) in [5, 5.41) is 25.9. The third-order valence-corrected chi connectivity index (χ3v) is 8.22. The van der Waals surface area contributed by atoms with Crippen molar-refractivity contribution in [1.82, 2.24) is 0 Å². The van der Waals surface area contributed by atoms with Crippen molar-refractivity contribution in [2.24, 2.45) is 0 Å². The minimum atomic E-state index is -1.28. The molecule has 0 bridgehead atoms. The summed E-state index contributed by atoms with van der Waals surface area (Å²) in [6, 6.07) is 19.4. The second kappa shape index (κ2) is 9.07. The van der Waals surface area contributed by atoms with E-state index in [9.17, 15) is 10.2 Å². The molecule has 6 atom stereocenters. The standard InChI is InChI=1S/C26H32O6Si/c1-33(2,3)13-12-29-26-23(28)22(27)24-20(31-26)15-30-25(32-24)21-18-10-6-4-8-16(18)14-17-9-5-7-11-19(17)21/h4-11,14,20,22-28H,12-13,15H2,1-3H3/t20-,22-,23-,24-,25-,26-/m1/s1. The molecule has 0 aromatic heterocycles. The molecule has 0 radical (unpaired) electrons. The molecule has 0 unspecified atom stereocenters. The molecule has 2 heterocycles. The Balaban J connectivity index is 1.39. The summed E-state index contributed by atoms with van der Waals surface area (Å²) < 4.78 is 24.2. The predicted octanol–water partition coefficient (Wildman–Crippen LogP) is 4.21. The number of fused-ring (bicyclic) bond motifs is 3. The van der Waals surface area contributed by atoms with Crippen LogP contribution in [0.3, 0.4) is 0 Å². The number of aliphatic hydroxyl groups excluding tert-OH is 2. The zero-order valence-corrected chi connectivity index (χ0v) is 20.3. The van der Waals surface area contributed by atoms with Crippen molar-refractivity contribution in [3.05, 3.63) is 60.2 Å². The molecule has 2 aliphatic rings. The molecule has 2 aliphatic heterocycles. The molecule has 0 aliphatic carbocycles. The Labute approximate surface area is 195 Å². The molecule has 33 heavy (non-hydrogen) atoms. The topological polar surface area (TPSA) is 77.4 Å². The van der Waals surface area contributed by atoms with E-state index in [0.717, 1.165) is 33.2 Å². The Kier molecular flexibility index (Phi) is 6.30. The first-order valence-corrected chi connectivity index (χ1v) is 15.3. The van der Waals surface area contributed by atoms with Gasteiger partial charge < -0.3 is 29.2 Å². The van der Waals surface area contributed by atoms with Crippen LogP contribution in [0.25, 0.3) is 21.5 Å². The Morgan fingerprint density at radius 2 is 1.55 bits per heavy atom. The summed E-state index contributed by atoms with van der Waals surface area (Å²) >= 11 is 0. The van der Waals surface area contributed by atoms with Crippen molar-refractivity contribution in [2.45, 2.75) is 62.7 Å². The normalized spacial score (nSPS) is 30.5. The first-order valence-electron chi connectivity index (χ1n) is 11.6. The van der Waals surface area contributed by atoms with Gasteiger partial charge in [-0.2, -0.15) is 0 Å². The highest BCUT2D eigenvalue weighted by Crippen LogP contribution is 2.40. The summed E-state index contributed by atoms with van der Waals surface area (Å²) in [7, 11) is -1.28. The van der Waals surface area contributed by atoms with Crippen molar-refractivity contribution in [3.8, 4) is 0 Å². The van der Waals surface area contributed by atoms with Gasteiger partial charge in [0.15, 0.2) is 12.6 Å².